The molecule has 0 radical (unpaired) electrons. The van der Waals surface area contributed by atoms with Crippen molar-refractivity contribution in [3.63, 3.8) is 0 Å². The van der Waals surface area contributed by atoms with Crippen LogP contribution in [0, 0.1) is 11.8 Å². The number of esters is 1. The minimum atomic E-state index is -0.150. The van der Waals surface area contributed by atoms with E-state index in [4.69, 9.17) is 4.74 Å². The summed E-state index contributed by atoms with van der Waals surface area (Å²) in [5, 5.41) is 3.49. The standard InChI is InChI=1S/C15H29NO2/c1-5-6-12-7-9-13(10-8-12)16-14(11(2)3)15(17)18-4/h11-14,16H,5-10H2,1-4H3/t12?,13?,14-/m0/s1. The first kappa shape index (κ1) is 15.5. The van der Waals surface area contributed by atoms with Crippen LogP contribution in [0.5, 0.6) is 0 Å². The summed E-state index contributed by atoms with van der Waals surface area (Å²) in [6.07, 6.45) is 7.65. The first-order valence-corrected chi connectivity index (χ1v) is 7.42. The number of carbonyl (C=O) groups excluding carboxylic acids is 1. The van der Waals surface area contributed by atoms with Gasteiger partial charge in [0.15, 0.2) is 0 Å². The Balaban J connectivity index is 2.40. The van der Waals surface area contributed by atoms with Crippen molar-refractivity contribution in [2.24, 2.45) is 11.8 Å². The van der Waals surface area contributed by atoms with Gasteiger partial charge >= 0.3 is 5.97 Å². The molecule has 3 heteroatoms. The van der Waals surface area contributed by atoms with Gasteiger partial charge in [-0.05, 0) is 37.5 Å². The molecule has 1 aliphatic carbocycles. The molecule has 0 heterocycles. The maximum Gasteiger partial charge on any atom is 0.323 e. The fraction of sp³-hybridized carbons (Fsp3) is 0.933. The molecule has 1 saturated carbocycles. The van der Waals surface area contributed by atoms with Crippen LogP contribution in [0.25, 0.3) is 0 Å². The summed E-state index contributed by atoms with van der Waals surface area (Å²) in [6, 6.07) is 0.340. The predicted molar refractivity (Wildman–Crippen MR) is 74.4 cm³/mol. The zero-order chi connectivity index (χ0) is 13.5. The number of hydrogen-bond acceptors (Lipinski definition) is 3. The summed E-state index contributed by atoms with van der Waals surface area (Å²) in [6.45, 7) is 6.39. The van der Waals surface area contributed by atoms with E-state index in [1.165, 1.54) is 45.6 Å². The molecule has 1 fully saturated rings. The third-order valence-corrected chi connectivity index (χ3v) is 4.08. The van der Waals surface area contributed by atoms with Crippen molar-refractivity contribution >= 4 is 5.97 Å². The van der Waals surface area contributed by atoms with E-state index in [1.54, 1.807) is 0 Å². The second-order valence-corrected chi connectivity index (χ2v) is 5.92. The average molecular weight is 255 g/mol. The Kier molecular flexibility index (Phi) is 6.69. The topological polar surface area (TPSA) is 38.3 Å². The van der Waals surface area contributed by atoms with E-state index in [-0.39, 0.29) is 17.9 Å². The van der Waals surface area contributed by atoms with Gasteiger partial charge in [-0.1, -0.05) is 33.6 Å². The van der Waals surface area contributed by atoms with Gasteiger partial charge in [-0.15, -0.1) is 0 Å². The largest absolute Gasteiger partial charge is 0.468 e. The van der Waals surface area contributed by atoms with Crippen LogP contribution in [0.1, 0.15) is 59.3 Å². The van der Waals surface area contributed by atoms with Crippen molar-refractivity contribution in [3.05, 3.63) is 0 Å². The highest BCUT2D eigenvalue weighted by Crippen LogP contribution is 2.28. The highest BCUT2D eigenvalue weighted by Gasteiger charge is 2.28. The number of ether oxygens (including phenoxy) is 1. The molecular formula is C15H29NO2. The molecule has 18 heavy (non-hydrogen) atoms. The minimum absolute atomic E-state index is 0.124. The predicted octanol–water partition coefficient (Wildman–Crippen LogP) is 3.13. The van der Waals surface area contributed by atoms with Crippen LogP contribution in [0.3, 0.4) is 0 Å². The first-order valence-electron chi connectivity index (χ1n) is 7.42. The van der Waals surface area contributed by atoms with Crippen molar-refractivity contribution in [1.29, 1.82) is 0 Å². The molecule has 3 nitrogen and oxygen atoms in total. The summed E-state index contributed by atoms with van der Waals surface area (Å²) < 4.78 is 4.87. The van der Waals surface area contributed by atoms with Crippen molar-refractivity contribution in [1.82, 2.24) is 5.32 Å². The molecular weight excluding hydrogens is 226 g/mol. The third-order valence-electron chi connectivity index (χ3n) is 4.08. The third kappa shape index (κ3) is 4.60. The Morgan fingerprint density at radius 1 is 1.28 bits per heavy atom. The fourth-order valence-electron chi connectivity index (χ4n) is 2.94. The molecule has 0 amide bonds. The van der Waals surface area contributed by atoms with Crippen molar-refractivity contribution < 1.29 is 9.53 Å². The van der Waals surface area contributed by atoms with E-state index in [1.807, 2.05) is 0 Å². The maximum absolute atomic E-state index is 11.7. The molecule has 0 spiro atoms. The Labute approximate surface area is 112 Å². The lowest BCUT2D eigenvalue weighted by molar-refractivity contribution is -0.144. The fourth-order valence-corrected chi connectivity index (χ4v) is 2.94. The Morgan fingerprint density at radius 2 is 1.89 bits per heavy atom. The SMILES string of the molecule is CCCC1CCC(N[C@H](C(=O)OC)C(C)C)CC1. The highest BCUT2D eigenvalue weighted by atomic mass is 16.5. The van der Waals surface area contributed by atoms with Gasteiger partial charge in [-0.25, -0.2) is 0 Å². The van der Waals surface area contributed by atoms with Gasteiger partial charge in [0, 0.05) is 6.04 Å². The lowest BCUT2D eigenvalue weighted by Gasteiger charge is -2.32. The Morgan fingerprint density at radius 3 is 2.33 bits per heavy atom. The van der Waals surface area contributed by atoms with E-state index >= 15 is 0 Å². The van der Waals surface area contributed by atoms with Crippen molar-refractivity contribution in [3.8, 4) is 0 Å². The molecule has 1 rings (SSSR count). The van der Waals surface area contributed by atoms with Crippen LogP contribution < -0.4 is 5.32 Å². The van der Waals surface area contributed by atoms with Gasteiger partial charge in [0.1, 0.15) is 6.04 Å². The van der Waals surface area contributed by atoms with Crippen LogP contribution >= 0.6 is 0 Å². The van der Waals surface area contributed by atoms with Gasteiger partial charge in [-0.2, -0.15) is 0 Å². The monoisotopic (exact) mass is 255 g/mol. The van der Waals surface area contributed by atoms with E-state index in [2.05, 4.69) is 26.1 Å². The summed E-state index contributed by atoms with van der Waals surface area (Å²) in [4.78, 5) is 11.7. The van der Waals surface area contributed by atoms with Gasteiger partial charge in [0.25, 0.3) is 0 Å². The summed E-state index contributed by atoms with van der Waals surface area (Å²) >= 11 is 0. The molecule has 1 aliphatic rings. The van der Waals surface area contributed by atoms with Crippen LogP contribution in [0.15, 0.2) is 0 Å². The number of rotatable bonds is 6. The van der Waals surface area contributed by atoms with E-state index in [0.29, 0.717) is 6.04 Å². The molecule has 0 aromatic rings. The molecule has 0 unspecified atom stereocenters. The smallest absolute Gasteiger partial charge is 0.323 e. The minimum Gasteiger partial charge on any atom is -0.468 e. The van der Waals surface area contributed by atoms with E-state index in [0.717, 1.165) is 5.92 Å². The normalized spacial score (nSPS) is 26.1. The molecule has 0 aromatic carbocycles. The zero-order valence-electron chi connectivity index (χ0n) is 12.4. The van der Waals surface area contributed by atoms with Crippen molar-refractivity contribution in [2.45, 2.75) is 71.4 Å². The second-order valence-electron chi connectivity index (χ2n) is 5.92. The average Bonchev–Trinajstić information content (AvgIpc) is 2.37. The van der Waals surface area contributed by atoms with Gasteiger partial charge < -0.3 is 10.1 Å². The molecule has 1 atom stereocenters. The lowest BCUT2D eigenvalue weighted by atomic mass is 9.83. The summed E-state index contributed by atoms with van der Waals surface area (Å²) in [7, 11) is 1.47. The number of carbonyl (C=O) groups is 1. The van der Waals surface area contributed by atoms with Gasteiger partial charge in [-0.3, -0.25) is 4.79 Å². The van der Waals surface area contributed by atoms with E-state index in [9.17, 15) is 4.79 Å². The first-order chi connectivity index (χ1) is 8.58. The number of nitrogens with one attached hydrogen (secondary N) is 1. The quantitative estimate of drug-likeness (QED) is 0.741. The molecule has 0 bridgehead atoms. The summed E-state index contributed by atoms with van der Waals surface area (Å²) in [5.41, 5.74) is 0. The number of methoxy groups -OCH3 is 1. The van der Waals surface area contributed by atoms with E-state index < -0.39 is 0 Å². The summed E-state index contributed by atoms with van der Waals surface area (Å²) in [5.74, 6) is 1.06. The van der Waals surface area contributed by atoms with Crippen LogP contribution in [0.2, 0.25) is 0 Å². The lowest BCUT2D eigenvalue weighted by Crippen LogP contribution is -2.48. The van der Waals surface area contributed by atoms with Crippen LogP contribution in [0.4, 0.5) is 0 Å². The van der Waals surface area contributed by atoms with Crippen LogP contribution in [-0.2, 0) is 9.53 Å². The second kappa shape index (κ2) is 7.78. The highest BCUT2D eigenvalue weighted by molar-refractivity contribution is 5.75. The Hall–Kier alpha value is -0.570. The zero-order valence-corrected chi connectivity index (χ0v) is 12.4. The molecule has 0 aromatic heterocycles. The van der Waals surface area contributed by atoms with Gasteiger partial charge in [0.2, 0.25) is 0 Å². The van der Waals surface area contributed by atoms with Crippen LogP contribution in [-0.4, -0.2) is 25.2 Å². The maximum atomic E-state index is 11.7. The molecule has 1 N–H and O–H groups in total. The van der Waals surface area contributed by atoms with Crippen molar-refractivity contribution in [2.75, 3.05) is 7.11 Å². The molecule has 106 valence electrons. The van der Waals surface area contributed by atoms with Gasteiger partial charge in [0.05, 0.1) is 7.11 Å². The molecule has 0 aliphatic heterocycles. The molecule has 0 saturated heterocycles. The Bertz CT molecular complexity index is 245. The number of hydrogen-bond donors (Lipinski definition) is 1.